The number of aromatic nitrogens is 4. The Morgan fingerprint density at radius 2 is 2.25 bits per heavy atom. The topological polar surface area (TPSA) is 81.6 Å². The summed E-state index contributed by atoms with van der Waals surface area (Å²) in [7, 11) is 0. The fourth-order valence-electron chi connectivity index (χ4n) is 1.46. The van der Waals surface area contributed by atoms with Gasteiger partial charge < -0.3 is 5.43 Å². The summed E-state index contributed by atoms with van der Waals surface area (Å²) in [5.74, 6) is 8.38. The first-order chi connectivity index (χ1) is 7.74. The largest absolute Gasteiger partial charge is 0.308 e. The number of hydrogen-bond acceptors (Lipinski definition) is 5. The molecule has 16 heavy (non-hydrogen) atoms. The molecule has 0 unspecified atom stereocenters. The minimum Gasteiger partial charge on any atom is -0.308 e. The summed E-state index contributed by atoms with van der Waals surface area (Å²) in [6, 6.07) is 1.79. The van der Waals surface area contributed by atoms with E-state index >= 15 is 0 Å². The van der Waals surface area contributed by atoms with Crippen LogP contribution in [0.1, 0.15) is 18.6 Å². The van der Waals surface area contributed by atoms with Gasteiger partial charge in [-0.15, -0.1) is 0 Å². The van der Waals surface area contributed by atoms with Crippen LogP contribution in [-0.4, -0.2) is 19.5 Å². The van der Waals surface area contributed by atoms with Crippen molar-refractivity contribution in [2.75, 3.05) is 5.43 Å². The quantitative estimate of drug-likeness (QED) is 0.588. The molecule has 0 saturated heterocycles. The molecule has 2 heterocycles. The highest BCUT2D eigenvalue weighted by Gasteiger charge is 2.06. The maximum atomic E-state index is 5.37. The summed E-state index contributed by atoms with van der Waals surface area (Å²) in [5, 5.41) is 0. The Morgan fingerprint density at radius 3 is 2.81 bits per heavy atom. The first kappa shape index (κ1) is 10.6. The van der Waals surface area contributed by atoms with Crippen LogP contribution in [0.3, 0.4) is 0 Å². The number of aryl methyl sites for hydroxylation is 2. The number of hydrazine groups is 1. The lowest BCUT2D eigenvalue weighted by atomic mass is 10.4. The van der Waals surface area contributed by atoms with E-state index in [4.69, 9.17) is 5.84 Å². The molecule has 6 nitrogen and oxygen atoms in total. The highest BCUT2D eigenvalue weighted by molar-refractivity contribution is 5.41. The van der Waals surface area contributed by atoms with Crippen molar-refractivity contribution in [3.63, 3.8) is 0 Å². The van der Waals surface area contributed by atoms with E-state index in [0.29, 0.717) is 5.82 Å². The monoisotopic (exact) mass is 218 g/mol. The lowest BCUT2D eigenvalue weighted by molar-refractivity contribution is 0.866. The van der Waals surface area contributed by atoms with E-state index in [2.05, 4.69) is 20.4 Å². The van der Waals surface area contributed by atoms with Crippen LogP contribution in [0.5, 0.6) is 0 Å². The first-order valence-electron chi connectivity index (χ1n) is 5.09. The number of nitrogens with two attached hydrogens (primary N) is 1. The van der Waals surface area contributed by atoms with Gasteiger partial charge in [0.25, 0.3) is 0 Å². The Hall–Kier alpha value is -1.95. The Bertz CT molecular complexity index is 468. The van der Waals surface area contributed by atoms with Crippen molar-refractivity contribution < 1.29 is 0 Å². The van der Waals surface area contributed by atoms with Crippen molar-refractivity contribution in [1.82, 2.24) is 19.5 Å². The first-order valence-corrected chi connectivity index (χ1v) is 5.09. The minimum absolute atomic E-state index is 0.606. The summed E-state index contributed by atoms with van der Waals surface area (Å²) >= 11 is 0. The van der Waals surface area contributed by atoms with E-state index in [-0.39, 0.29) is 0 Å². The van der Waals surface area contributed by atoms with E-state index in [9.17, 15) is 0 Å². The van der Waals surface area contributed by atoms with Gasteiger partial charge in [-0.3, -0.25) is 4.57 Å². The molecule has 0 amide bonds. The molecule has 0 spiro atoms. The van der Waals surface area contributed by atoms with Gasteiger partial charge in [0.1, 0.15) is 23.3 Å². The summed E-state index contributed by atoms with van der Waals surface area (Å²) in [6.45, 7) is 3.92. The summed E-state index contributed by atoms with van der Waals surface area (Å²) in [5.41, 5.74) is 2.54. The molecule has 0 radical (unpaired) electrons. The molecule has 0 aliphatic heterocycles. The molecule has 84 valence electrons. The minimum atomic E-state index is 0.606. The lowest BCUT2D eigenvalue weighted by Gasteiger charge is -2.08. The van der Waals surface area contributed by atoms with Gasteiger partial charge in [-0.05, 0) is 6.92 Å². The highest BCUT2D eigenvalue weighted by Crippen LogP contribution is 2.12. The standard InChI is InChI=1S/C10H14N6/c1-3-8-13-9(15-11)6-10(14-8)16-5-4-12-7(16)2/h4-6H,3,11H2,1-2H3,(H,13,14,15). The molecule has 0 aromatic carbocycles. The predicted octanol–water partition coefficient (Wildman–Crippen LogP) is 0.819. The van der Waals surface area contributed by atoms with Crippen molar-refractivity contribution in [2.24, 2.45) is 5.84 Å². The van der Waals surface area contributed by atoms with Crippen LogP contribution in [0.15, 0.2) is 18.5 Å². The number of nitrogen functional groups attached to an aromatic ring is 1. The highest BCUT2D eigenvalue weighted by atomic mass is 15.3. The van der Waals surface area contributed by atoms with Gasteiger partial charge in [0.05, 0.1) is 0 Å². The number of imidazole rings is 1. The summed E-state index contributed by atoms with van der Waals surface area (Å²) in [6.07, 6.45) is 4.35. The van der Waals surface area contributed by atoms with Crippen LogP contribution in [0.25, 0.3) is 5.82 Å². The molecule has 0 aliphatic rings. The summed E-state index contributed by atoms with van der Waals surface area (Å²) in [4.78, 5) is 12.8. The van der Waals surface area contributed by atoms with Gasteiger partial charge in [-0.2, -0.15) is 0 Å². The Morgan fingerprint density at radius 1 is 1.44 bits per heavy atom. The Kier molecular flexibility index (Phi) is 2.82. The van der Waals surface area contributed by atoms with E-state index in [1.165, 1.54) is 0 Å². The van der Waals surface area contributed by atoms with E-state index in [0.717, 1.165) is 23.9 Å². The molecule has 6 heteroatoms. The zero-order chi connectivity index (χ0) is 11.5. The molecule has 2 rings (SSSR count). The van der Waals surface area contributed by atoms with Gasteiger partial charge in [-0.1, -0.05) is 6.92 Å². The molecule has 0 bridgehead atoms. The van der Waals surface area contributed by atoms with Crippen LogP contribution in [0.2, 0.25) is 0 Å². The maximum Gasteiger partial charge on any atom is 0.145 e. The third-order valence-electron chi connectivity index (χ3n) is 2.30. The smallest absolute Gasteiger partial charge is 0.145 e. The Balaban J connectivity index is 2.52. The Labute approximate surface area is 93.5 Å². The normalized spacial score (nSPS) is 10.4. The zero-order valence-electron chi connectivity index (χ0n) is 9.31. The molecule has 2 aromatic rings. The van der Waals surface area contributed by atoms with Crippen molar-refractivity contribution >= 4 is 5.82 Å². The third-order valence-corrected chi connectivity index (χ3v) is 2.30. The van der Waals surface area contributed by atoms with Gasteiger partial charge >= 0.3 is 0 Å². The van der Waals surface area contributed by atoms with E-state index in [1.807, 2.05) is 24.6 Å². The predicted molar refractivity (Wildman–Crippen MR) is 61.1 cm³/mol. The number of anilines is 1. The van der Waals surface area contributed by atoms with Crippen LogP contribution in [0, 0.1) is 6.92 Å². The third kappa shape index (κ3) is 1.87. The van der Waals surface area contributed by atoms with Crippen molar-refractivity contribution in [3.05, 3.63) is 30.1 Å². The fraction of sp³-hybridized carbons (Fsp3) is 0.300. The van der Waals surface area contributed by atoms with Crippen LogP contribution in [-0.2, 0) is 6.42 Å². The molecule has 3 N–H and O–H groups in total. The van der Waals surface area contributed by atoms with Crippen molar-refractivity contribution in [3.8, 4) is 5.82 Å². The van der Waals surface area contributed by atoms with Crippen LogP contribution in [0.4, 0.5) is 5.82 Å². The molecular formula is C10H14N6. The maximum absolute atomic E-state index is 5.37. The molecule has 2 aromatic heterocycles. The summed E-state index contributed by atoms with van der Waals surface area (Å²) < 4.78 is 1.89. The number of nitrogens with zero attached hydrogens (tertiary/aromatic N) is 4. The van der Waals surface area contributed by atoms with Gasteiger partial charge in [-0.25, -0.2) is 20.8 Å². The lowest BCUT2D eigenvalue weighted by Crippen LogP contribution is -2.12. The number of hydrogen-bond donors (Lipinski definition) is 2. The second kappa shape index (κ2) is 4.28. The molecule has 0 atom stereocenters. The van der Waals surface area contributed by atoms with Crippen LogP contribution >= 0.6 is 0 Å². The average molecular weight is 218 g/mol. The number of nitrogens with one attached hydrogen (secondary N) is 1. The van der Waals surface area contributed by atoms with Crippen molar-refractivity contribution in [2.45, 2.75) is 20.3 Å². The molecule has 0 aliphatic carbocycles. The van der Waals surface area contributed by atoms with E-state index < -0.39 is 0 Å². The second-order valence-electron chi connectivity index (χ2n) is 3.37. The van der Waals surface area contributed by atoms with Crippen LogP contribution < -0.4 is 11.3 Å². The molecular weight excluding hydrogens is 204 g/mol. The zero-order valence-corrected chi connectivity index (χ0v) is 9.31. The van der Waals surface area contributed by atoms with Gasteiger partial charge in [0, 0.05) is 24.9 Å². The second-order valence-corrected chi connectivity index (χ2v) is 3.37. The molecule has 0 saturated carbocycles. The fourth-order valence-corrected chi connectivity index (χ4v) is 1.46. The molecule has 0 fully saturated rings. The average Bonchev–Trinajstić information content (AvgIpc) is 2.74. The van der Waals surface area contributed by atoms with E-state index in [1.54, 1.807) is 12.3 Å². The van der Waals surface area contributed by atoms with Crippen molar-refractivity contribution in [1.29, 1.82) is 0 Å². The SMILES string of the molecule is CCc1nc(NN)cc(-n2ccnc2C)n1. The number of rotatable bonds is 3. The van der Waals surface area contributed by atoms with Gasteiger partial charge in [0.2, 0.25) is 0 Å². The van der Waals surface area contributed by atoms with Gasteiger partial charge in [0.15, 0.2) is 0 Å².